The summed E-state index contributed by atoms with van der Waals surface area (Å²) in [6, 6.07) is 7.62. The summed E-state index contributed by atoms with van der Waals surface area (Å²) in [5, 5.41) is 0. The second-order valence-corrected chi connectivity index (χ2v) is 4.50. The zero-order chi connectivity index (χ0) is 12.3. The van der Waals surface area contributed by atoms with Crippen LogP contribution in [0.1, 0.15) is 12.0 Å². The first-order valence-corrected chi connectivity index (χ1v) is 5.84. The number of hydrogen-bond acceptors (Lipinski definition) is 3. The monoisotopic (exact) mass is 234 g/mol. The van der Waals surface area contributed by atoms with E-state index in [1.165, 1.54) is 0 Å². The summed E-state index contributed by atoms with van der Waals surface area (Å²) in [5.74, 6) is 0.186. The maximum atomic E-state index is 12.0. The molecule has 1 aromatic carbocycles. The zero-order valence-corrected chi connectivity index (χ0v) is 10.1. The van der Waals surface area contributed by atoms with Crippen molar-refractivity contribution in [3.8, 4) is 0 Å². The van der Waals surface area contributed by atoms with Crippen LogP contribution in [0.5, 0.6) is 0 Å². The number of nitrogen functional groups attached to an aromatic ring is 1. The van der Waals surface area contributed by atoms with Crippen molar-refractivity contribution in [2.24, 2.45) is 5.92 Å². The Balaban J connectivity index is 1.96. The zero-order valence-electron chi connectivity index (χ0n) is 10.1. The Kier molecular flexibility index (Phi) is 3.64. The molecule has 1 amide bonds. The van der Waals surface area contributed by atoms with Gasteiger partial charge in [0, 0.05) is 25.9 Å². The summed E-state index contributed by atoms with van der Waals surface area (Å²) in [6.45, 7) is 1.85. The van der Waals surface area contributed by atoms with E-state index in [4.69, 9.17) is 10.5 Å². The SMILES string of the molecule is CN(Cc1cccc(N)c1)C(=O)C1CCOC1. The van der Waals surface area contributed by atoms with Gasteiger partial charge >= 0.3 is 0 Å². The lowest BCUT2D eigenvalue weighted by molar-refractivity contribution is -0.134. The number of rotatable bonds is 3. The number of ether oxygens (including phenoxy) is 1. The fourth-order valence-corrected chi connectivity index (χ4v) is 2.08. The van der Waals surface area contributed by atoms with Crippen molar-refractivity contribution in [2.45, 2.75) is 13.0 Å². The molecule has 1 fully saturated rings. The lowest BCUT2D eigenvalue weighted by Crippen LogP contribution is -2.32. The molecular weight excluding hydrogens is 216 g/mol. The van der Waals surface area contributed by atoms with Crippen LogP contribution in [-0.4, -0.2) is 31.1 Å². The number of amides is 1. The van der Waals surface area contributed by atoms with Crippen LogP contribution in [0.3, 0.4) is 0 Å². The average molecular weight is 234 g/mol. The highest BCUT2D eigenvalue weighted by molar-refractivity contribution is 5.79. The summed E-state index contributed by atoms with van der Waals surface area (Å²) in [6.07, 6.45) is 0.833. The van der Waals surface area contributed by atoms with Crippen LogP contribution in [0.25, 0.3) is 0 Å². The first-order chi connectivity index (χ1) is 8.16. The van der Waals surface area contributed by atoms with E-state index in [1.54, 1.807) is 4.90 Å². The van der Waals surface area contributed by atoms with Crippen molar-refractivity contribution in [3.05, 3.63) is 29.8 Å². The van der Waals surface area contributed by atoms with E-state index in [9.17, 15) is 4.79 Å². The number of hydrogen-bond donors (Lipinski definition) is 1. The van der Waals surface area contributed by atoms with Gasteiger partial charge in [0.05, 0.1) is 12.5 Å². The number of nitrogens with zero attached hydrogens (tertiary/aromatic N) is 1. The van der Waals surface area contributed by atoms with Gasteiger partial charge < -0.3 is 15.4 Å². The largest absolute Gasteiger partial charge is 0.399 e. The molecule has 1 unspecified atom stereocenters. The van der Waals surface area contributed by atoms with Gasteiger partial charge in [-0.05, 0) is 24.1 Å². The number of carbonyl (C=O) groups is 1. The van der Waals surface area contributed by atoms with Crippen molar-refractivity contribution in [1.29, 1.82) is 0 Å². The quantitative estimate of drug-likeness (QED) is 0.801. The molecule has 2 rings (SSSR count). The van der Waals surface area contributed by atoms with Crippen molar-refractivity contribution in [2.75, 3.05) is 26.0 Å². The lowest BCUT2D eigenvalue weighted by Gasteiger charge is -2.20. The van der Waals surface area contributed by atoms with E-state index < -0.39 is 0 Å². The summed E-state index contributed by atoms with van der Waals surface area (Å²) >= 11 is 0. The van der Waals surface area contributed by atoms with E-state index in [0.29, 0.717) is 19.8 Å². The number of nitrogens with two attached hydrogens (primary N) is 1. The molecule has 1 heterocycles. The first kappa shape index (κ1) is 11.9. The lowest BCUT2D eigenvalue weighted by atomic mass is 10.1. The van der Waals surface area contributed by atoms with Gasteiger partial charge in [0.2, 0.25) is 5.91 Å². The third kappa shape index (κ3) is 2.97. The van der Waals surface area contributed by atoms with Gasteiger partial charge in [0.1, 0.15) is 0 Å². The fourth-order valence-electron chi connectivity index (χ4n) is 2.08. The van der Waals surface area contributed by atoms with Gasteiger partial charge in [-0.25, -0.2) is 0 Å². The third-order valence-electron chi connectivity index (χ3n) is 3.03. The Bertz CT molecular complexity index is 400. The van der Waals surface area contributed by atoms with Gasteiger partial charge in [0.25, 0.3) is 0 Å². The summed E-state index contributed by atoms with van der Waals surface area (Å²) in [4.78, 5) is 13.8. The van der Waals surface area contributed by atoms with Crippen LogP contribution in [0.2, 0.25) is 0 Å². The highest BCUT2D eigenvalue weighted by Crippen LogP contribution is 2.16. The van der Waals surface area contributed by atoms with Crippen LogP contribution in [0.15, 0.2) is 24.3 Å². The van der Waals surface area contributed by atoms with Crippen LogP contribution in [0, 0.1) is 5.92 Å². The first-order valence-electron chi connectivity index (χ1n) is 5.84. The summed E-state index contributed by atoms with van der Waals surface area (Å²) < 4.78 is 5.23. The molecule has 4 heteroatoms. The Morgan fingerprint density at radius 1 is 1.59 bits per heavy atom. The molecule has 92 valence electrons. The standard InChI is InChI=1S/C13H18N2O2/c1-15(13(16)11-5-6-17-9-11)8-10-3-2-4-12(14)7-10/h2-4,7,11H,5-6,8-9,14H2,1H3. The predicted molar refractivity (Wildman–Crippen MR) is 66.3 cm³/mol. The van der Waals surface area contributed by atoms with Crippen LogP contribution >= 0.6 is 0 Å². The van der Waals surface area contributed by atoms with Crippen LogP contribution in [-0.2, 0) is 16.1 Å². The highest BCUT2D eigenvalue weighted by Gasteiger charge is 2.26. The minimum atomic E-state index is 0.0288. The minimum Gasteiger partial charge on any atom is -0.399 e. The average Bonchev–Trinajstić information content (AvgIpc) is 2.81. The minimum absolute atomic E-state index is 0.0288. The molecule has 17 heavy (non-hydrogen) atoms. The Morgan fingerprint density at radius 3 is 3.06 bits per heavy atom. The number of carbonyl (C=O) groups excluding carboxylic acids is 1. The normalized spacial score (nSPS) is 19.2. The van der Waals surface area contributed by atoms with Crippen molar-refractivity contribution >= 4 is 11.6 Å². The van der Waals surface area contributed by atoms with Crippen molar-refractivity contribution < 1.29 is 9.53 Å². The third-order valence-corrected chi connectivity index (χ3v) is 3.03. The molecule has 1 saturated heterocycles. The summed E-state index contributed by atoms with van der Waals surface area (Å²) in [7, 11) is 1.82. The van der Waals surface area contributed by atoms with Gasteiger partial charge in [0.15, 0.2) is 0 Å². The molecule has 0 saturated carbocycles. The molecule has 0 bridgehead atoms. The van der Waals surface area contributed by atoms with Crippen LogP contribution in [0.4, 0.5) is 5.69 Å². The van der Waals surface area contributed by atoms with Gasteiger partial charge in [-0.1, -0.05) is 12.1 Å². The van der Waals surface area contributed by atoms with Crippen LogP contribution < -0.4 is 5.73 Å². The molecule has 4 nitrogen and oxygen atoms in total. The fraction of sp³-hybridized carbons (Fsp3) is 0.462. The van der Waals surface area contributed by atoms with E-state index in [2.05, 4.69) is 0 Å². The second kappa shape index (κ2) is 5.19. The Labute approximate surface area is 101 Å². The van der Waals surface area contributed by atoms with E-state index in [1.807, 2.05) is 31.3 Å². The maximum absolute atomic E-state index is 12.0. The molecule has 0 spiro atoms. The Morgan fingerprint density at radius 2 is 2.41 bits per heavy atom. The van der Waals surface area contributed by atoms with Gasteiger partial charge in [-0.15, -0.1) is 0 Å². The smallest absolute Gasteiger partial charge is 0.228 e. The van der Waals surface area contributed by atoms with Gasteiger partial charge in [-0.2, -0.15) is 0 Å². The molecule has 0 aliphatic carbocycles. The maximum Gasteiger partial charge on any atom is 0.228 e. The van der Waals surface area contributed by atoms with E-state index >= 15 is 0 Å². The second-order valence-electron chi connectivity index (χ2n) is 4.50. The Hall–Kier alpha value is -1.55. The van der Waals surface area contributed by atoms with Crippen molar-refractivity contribution in [1.82, 2.24) is 4.90 Å². The van der Waals surface area contributed by atoms with E-state index in [-0.39, 0.29) is 11.8 Å². The number of anilines is 1. The molecule has 1 aliphatic heterocycles. The number of benzene rings is 1. The van der Waals surface area contributed by atoms with Gasteiger partial charge in [-0.3, -0.25) is 4.79 Å². The molecule has 1 aliphatic rings. The molecule has 0 aromatic heterocycles. The molecule has 0 radical (unpaired) electrons. The molecule has 2 N–H and O–H groups in total. The summed E-state index contributed by atoms with van der Waals surface area (Å²) in [5.41, 5.74) is 7.49. The highest BCUT2D eigenvalue weighted by atomic mass is 16.5. The van der Waals surface area contributed by atoms with Crippen molar-refractivity contribution in [3.63, 3.8) is 0 Å². The molecule has 1 atom stereocenters. The molecule has 1 aromatic rings. The predicted octanol–water partition coefficient (Wildman–Crippen LogP) is 1.26. The topological polar surface area (TPSA) is 55.6 Å². The molecular formula is C13H18N2O2. The van der Waals surface area contributed by atoms with E-state index in [0.717, 1.165) is 17.7 Å².